The van der Waals surface area contributed by atoms with Crippen molar-refractivity contribution in [1.82, 2.24) is 15.0 Å². The second kappa shape index (κ2) is 4.80. The minimum atomic E-state index is 0.259. The quantitative estimate of drug-likeness (QED) is 0.761. The van der Waals surface area contributed by atoms with Crippen molar-refractivity contribution in [2.45, 2.75) is 26.7 Å². The highest BCUT2D eigenvalue weighted by Crippen LogP contribution is 2.24. The molecule has 0 saturated carbocycles. The van der Waals surface area contributed by atoms with Crippen LogP contribution in [0.3, 0.4) is 0 Å². The number of hydrogen-bond donors (Lipinski definition) is 0. The molecule has 0 spiro atoms. The van der Waals surface area contributed by atoms with Crippen molar-refractivity contribution in [3.63, 3.8) is 0 Å². The molecule has 0 aliphatic heterocycles. The summed E-state index contributed by atoms with van der Waals surface area (Å²) in [6.45, 7) is 6.11. The minimum Gasteiger partial charge on any atom is -0.264 e. The Kier molecular flexibility index (Phi) is 3.38. The second-order valence-corrected chi connectivity index (χ2v) is 4.67. The summed E-state index contributed by atoms with van der Waals surface area (Å²) < 4.78 is 0. The van der Waals surface area contributed by atoms with Crippen LogP contribution in [0.2, 0.25) is 5.15 Å². The number of nitrogens with zero attached hydrogens (tertiary/aromatic N) is 3. The number of aromatic nitrogens is 3. The first kappa shape index (κ1) is 12.0. The number of pyridine rings is 1. The van der Waals surface area contributed by atoms with Gasteiger partial charge in [-0.3, -0.25) is 4.98 Å². The van der Waals surface area contributed by atoms with Gasteiger partial charge in [-0.05, 0) is 18.6 Å². The fourth-order valence-corrected chi connectivity index (χ4v) is 1.78. The predicted octanol–water partition coefficient (Wildman–Crippen LogP) is 3.62. The first-order valence-electron chi connectivity index (χ1n) is 5.53. The van der Waals surface area contributed by atoms with Crippen molar-refractivity contribution in [3.8, 4) is 11.3 Å². The molecule has 0 bridgehead atoms. The van der Waals surface area contributed by atoms with Gasteiger partial charge in [0, 0.05) is 29.9 Å². The van der Waals surface area contributed by atoms with Crippen LogP contribution in [0.5, 0.6) is 0 Å². The van der Waals surface area contributed by atoms with Gasteiger partial charge in [0.15, 0.2) is 0 Å². The molecule has 2 heterocycles. The van der Waals surface area contributed by atoms with E-state index in [1.807, 2.05) is 19.2 Å². The Balaban J connectivity index is 2.56. The summed E-state index contributed by atoms with van der Waals surface area (Å²) >= 11 is 6.03. The summed E-state index contributed by atoms with van der Waals surface area (Å²) in [4.78, 5) is 12.8. The largest absolute Gasteiger partial charge is 0.264 e. The van der Waals surface area contributed by atoms with Crippen LogP contribution in [0.25, 0.3) is 11.3 Å². The zero-order valence-electron chi connectivity index (χ0n) is 10.1. The minimum absolute atomic E-state index is 0.259. The van der Waals surface area contributed by atoms with Gasteiger partial charge in [-0.15, -0.1) is 0 Å². The fraction of sp³-hybridized carbons (Fsp3) is 0.308. The number of halogens is 1. The molecule has 0 N–H and O–H groups in total. The van der Waals surface area contributed by atoms with E-state index >= 15 is 0 Å². The van der Waals surface area contributed by atoms with Crippen molar-refractivity contribution in [1.29, 1.82) is 0 Å². The van der Waals surface area contributed by atoms with E-state index in [1.165, 1.54) is 0 Å². The molecular formula is C13H14ClN3. The zero-order valence-corrected chi connectivity index (χ0v) is 10.9. The van der Waals surface area contributed by atoms with Crippen molar-refractivity contribution in [2.75, 3.05) is 0 Å². The average Bonchev–Trinajstić information content (AvgIpc) is 2.28. The van der Waals surface area contributed by atoms with Gasteiger partial charge in [-0.1, -0.05) is 25.4 Å². The molecule has 0 radical (unpaired) electrons. The molecule has 4 heteroatoms. The van der Waals surface area contributed by atoms with Gasteiger partial charge in [0.2, 0.25) is 0 Å². The molecular weight excluding hydrogens is 234 g/mol. The number of hydrogen-bond acceptors (Lipinski definition) is 3. The van der Waals surface area contributed by atoms with E-state index in [0.29, 0.717) is 5.15 Å². The Morgan fingerprint density at radius 1 is 1.24 bits per heavy atom. The highest BCUT2D eigenvalue weighted by atomic mass is 35.5. The van der Waals surface area contributed by atoms with Crippen molar-refractivity contribution in [3.05, 3.63) is 41.1 Å². The van der Waals surface area contributed by atoms with E-state index in [0.717, 1.165) is 22.6 Å². The van der Waals surface area contributed by atoms with Crippen LogP contribution in [-0.2, 0) is 0 Å². The maximum Gasteiger partial charge on any atom is 0.133 e. The molecule has 0 amide bonds. The van der Waals surface area contributed by atoms with Crippen molar-refractivity contribution >= 4 is 11.6 Å². The van der Waals surface area contributed by atoms with Crippen LogP contribution in [-0.4, -0.2) is 15.0 Å². The summed E-state index contributed by atoms with van der Waals surface area (Å²) in [6.07, 6.45) is 3.58. The number of rotatable bonds is 2. The van der Waals surface area contributed by atoms with Gasteiger partial charge in [-0.25, -0.2) is 9.97 Å². The summed E-state index contributed by atoms with van der Waals surface area (Å²) in [5, 5.41) is 0.481. The molecule has 2 aromatic rings. The van der Waals surface area contributed by atoms with E-state index in [1.54, 1.807) is 12.3 Å². The molecule has 3 nitrogen and oxygen atoms in total. The molecule has 0 unspecified atom stereocenters. The van der Waals surface area contributed by atoms with Gasteiger partial charge >= 0.3 is 0 Å². The molecule has 0 atom stereocenters. The molecule has 0 saturated heterocycles. The summed E-state index contributed by atoms with van der Waals surface area (Å²) in [6, 6.07) is 3.73. The van der Waals surface area contributed by atoms with Crippen LogP contribution in [0.15, 0.2) is 24.5 Å². The predicted molar refractivity (Wildman–Crippen MR) is 69.1 cm³/mol. The Morgan fingerprint density at radius 3 is 2.65 bits per heavy atom. The van der Waals surface area contributed by atoms with Crippen LogP contribution in [0.1, 0.15) is 31.2 Å². The topological polar surface area (TPSA) is 38.7 Å². The SMILES string of the molecule is Cc1cnccc1-c1cc(Cl)nc(C(C)C)n1. The van der Waals surface area contributed by atoms with E-state index in [-0.39, 0.29) is 5.92 Å². The third-order valence-corrected chi connectivity index (χ3v) is 2.72. The van der Waals surface area contributed by atoms with Gasteiger partial charge < -0.3 is 0 Å². The fourth-order valence-electron chi connectivity index (χ4n) is 1.59. The maximum atomic E-state index is 6.03. The van der Waals surface area contributed by atoms with Crippen molar-refractivity contribution < 1.29 is 0 Å². The van der Waals surface area contributed by atoms with E-state index < -0.39 is 0 Å². The third-order valence-electron chi connectivity index (χ3n) is 2.52. The number of aryl methyl sites for hydroxylation is 1. The molecule has 2 aromatic heterocycles. The summed E-state index contributed by atoms with van der Waals surface area (Å²) in [5.74, 6) is 1.03. The first-order valence-corrected chi connectivity index (χ1v) is 5.91. The van der Waals surface area contributed by atoms with E-state index in [2.05, 4.69) is 28.8 Å². The lowest BCUT2D eigenvalue weighted by Crippen LogP contribution is -2.00. The van der Waals surface area contributed by atoms with E-state index in [9.17, 15) is 0 Å². The third kappa shape index (κ3) is 2.61. The standard InChI is InChI=1S/C13H14ClN3/c1-8(2)13-16-11(6-12(14)17-13)10-4-5-15-7-9(10)3/h4-8H,1-3H3. The van der Waals surface area contributed by atoms with Crippen LogP contribution in [0, 0.1) is 6.92 Å². The average molecular weight is 248 g/mol. The highest BCUT2D eigenvalue weighted by molar-refractivity contribution is 6.29. The monoisotopic (exact) mass is 247 g/mol. The van der Waals surface area contributed by atoms with Gasteiger partial charge in [0.05, 0.1) is 5.69 Å². The maximum absolute atomic E-state index is 6.03. The van der Waals surface area contributed by atoms with Gasteiger partial charge in [-0.2, -0.15) is 0 Å². The Hall–Kier alpha value is -1.48. The normalized spacial score (nSPS) is 10.9. The van der Waals surface area contributed by atoms with Crippen LogP contribution >= 0.6 is 11.6 Å². The van der Waals surface area contributed by atoms with Gasteiger partial charge in [0.25, 0.3) is 0 Å². The molecule has 2 rings (SSSR count). The molecule has 0 aliphatic rings. The van der Waals surface area contributed by atoms with Crippen molar-refractivity contribution in [2.24, 2.45) is 0 Å². The summed E-state index contributed by atoms with van der Waals surface area (Å²) in [5.41, 5.74) is 2.98. The second-order valence-electron chi connectivity index (χ2n) is 4.28. The Labute approximate surface area is 106 Å². The molecule has 0 aliphatic carbocycles. The van der Waals surface area contributed by atoms with Gasteiger partial charge in [0.1, 0.15) is 11.0 Å². The first-order chi connectivity index (χ1) is 8.08. The lowest BCUT2D eigenvalue weighted by atomic mass is 10.1. The molecule has 0 aromatic carbocycles. The smallest absolute Gasteiger partial charge is 0.133 e. The lowest BCUT2D eigenvalue weighted by molar-refractivity contribution is 0.776. The van der Waals surface area contributed by atoms with Crippen LogP contribution in [0.4, 0.5) is 0 Å². The Bertz CT molecular complexity index is 538. The van der Waals surface area contributed by atoms with Crippen LogP contribution < -0.4 is 0 Å². The van der Waals surface area contributed by atoms with E-state index in [4.69, 9.17) is 11.6 Å². The summed E-state index contributed by atoms with van der Waals surface area (Å²) in [7, 11) is 0. The molecule has 88 valence electrons. The zero-order chi connectivity index (χ0) is 12.4. The lowest BCUT2D eigenvalue weighted by Gasteiger charge is -2.09. The highest BCUT2D eigenvalue weighted by Gasteiger charge is 2.09. The molecule has 0 fully saturated rings. The molecule has 17 heavy (non-hydrogen) atoms. The Morgan fingerprint density at radius 2 is 2.00 bits per heavy atom.